The molecule has 0 saturated heterocycles. The van der Waals surface area contributed by atoms with Crippen molar-refractivity contribution in [1.82, 2.24) is 0 Å². The Balaban J connectivity index is 4.41. The Morgan fingerprint density at radius 3 is 1.80 bits per heavy atom. The van der Waals surface area contributed by atoms with Crippen molar-refractivity contribution >= 4 is 19.7 Å². The van der Waals surface area contributed by atoms with Crippen LogP contribution in [0.15, 0.2) is 0 Å². The molecule has 1 unspecified atom stereocenters. The Labute approximate surface area is 91.9 Å². The van der Waals surface area contributed by atoms with Crippen LogP contribution in [0.3, 0.4) is 0 Å². The van der Waals surface area contributed by atoms with Crippen molar-refractivity contribution in [3.05, 3.63) is 0 Å². The summed E-state index contributed by atoms with van der Waals surface area (Å²) in [6.45, 7) is 4.65. The fraction of sp³-hybridized carbons (Fsp3) is 1.00. The quantitative estimate of drug-likeness (QED) is 0.697. The number of rotatable bonds is 6. The third-order valence-electron chi connectivity index (χ3n) is 1.91. The van der Waals surface area contributed by atoms with Crippen LogP contribution in [0.25, 0.3) is 0 Å². The Morgan fingerprint density at radius 2 is 1.47 bits per heavy atom. The standard InChI is InChI=1S/C8H19NO4S2/c1-7(2)15(12,13)5-4-14(10,11)6-8(3)9/h7-8H,4-6,9H2,1-3H3. The van der Waals surface area contributed by atoms with Gasteiger partial charge in [0, 0.05) is 6.04 Å². The third-order valence-corrected chi connectivity index (χ3v) is 6.24. The fourth-order valence-electron chi connectivity index (χ4n) is 0.963. The summed E-state index contributed by atoms with van der Waals surface area (Å²) in [6, 6.07) is -0.461. The molecule has 0 aromatic rings. The van der Waals surface area contributed by atoms with Crippen molar-refractivity contribution < 1.29 is 16.8 Å². The Hall–Kier alpha value is -0.140. The number of hydrogen-bond donors (Lipinski definition) is 1. The Kier molecular flexibility index (Phi) is 5.22. The zero-order valence-electron chi connectivity index (χ0n) is 9.30. The summed E-state index contributed by atoms with van der Waals surface area (Å²) >= 11 is 0. The van der Waals surface area contributed by atoms with Gasteiger partial charge in [0.25, 0.3) is 0 Å². The first kappa shape index (κ1) is 14.9. The maximum absolute atomic E-state index is 11.4. The molecule has 2 N–H and O–H groups in total. The molecule has 0 saturated carbocycles. The summed E-state index contributed by atoms with van der Waals surface area (Å²) in [5.74, 6) is -0.824. The van der Waals surface area contributed by atoms with Crippen molar-refractivity contribution in [3.63, 3.8) is 0 Å². The lowest BCUT2D eigenvalue weighted by molar-refractivity contribution is 0.580. The molecule has 0 spiro atoms. The van der Waals surface area contributed by atoms with Gasteiger partial charge in [-0.3, -0.25) is 0 Å². The zero-order valence-corrected chi connectivity index (χ0v) is 10.9. The lowest BCUT2D eigenvalue weighted by Gasteiger charge is -2.09. The van der Waals surface area contributed by atoms with E-state index in [1.54, 1.807) is 6.92 Å². The lowest BCUT2D eigenvalue weighted by atomic mass is 10.4. The smallest absolute Gasteiger partial charge is 0.153 e. The van der Waals surface area contributed by atoms with E-state index in [-0.39, 0.29) is 17.3 Å². The predicted molar refractivity (Wildman–Crippen MR) is 61.2 cm³/mol. The summed E-state index contributed by atoms with van der Waals surface area (Å²) in [6.07, 6.45) is 0. The normalized spacial score (nSPS) is 15.5. The van der Waals surface area contributed by atoms with E-state index in [9.17, 15) is 16.8 Å². The fourth-order valence-corrected chi connectivity index (χ4v) is 4.35. The first-order valence-corrected chi connectivity index (χ1v) is 8.28. The van der Waals surface area contributed by atoms with E-state index in [1.165, 1.54) is 13.8 Å². The molecular formula is C8H19NO4S2. The highest BCUT2D eigenvalue weighted by Crippen LogP contribution is 2.03. The molecule has 0 rings (SSSR count). The van der Waals surface area contributed by atoms with Crippen LogP contribution in [-0.4, -0.2) is 45.4 Å². The molecule has 0 radical (unpaired) electrons. The van der Waals surface area contributed by atoms with Crippen molar-refractivity contribution in [2.75, 3.05) is 17.3 Å². The second kappa shape index (κ2) is 5.27. The van der Waals surface area contributed by atoms with Gasteiger partial charge in [0.1, 0.15) is 0 Å². The first-order chi connectivity index (χ1) is 6.57. The van der Waals surface area contributed by atoms with E-state index >= 15 is 0 Å². The highest BCUT2D eigenvalue weighted by Gasteiger charge is 2.21. The molecule has 0 aliphatic rings. The molecule has 0 aliphatic carbocycles. The van der Waals surface area contributed by atoms with Crippen LogP contribution in [0.1, 0.15) is 20.8 Å². The Morgan fingerprint density at radius 1 is 1.00 bits per heavy atom. The van der Waals surface area contributed by atoms with Crippen molar-refractivity contribution in [2.24, 2.45) is 5.73 Å². The number of sulfone groups is 2. The van der Waals surface area contributed by atoms with Gasteiger partial charge < -0.3 is 5.73 Å². The van der Waals surface area contributed by atoms with Gasteiger partial charge in [-0.05, 0) is 20.8 Å². The van der Waals surface area contributed by atoms with Gasteiger partial charge in [-0.25, -0.2) is 16.8 Å². The Bertz CT molecular complexity index is 381. The van der Waals surface area contributed by atoms with Crippen molar-refractivity contribution in [2.45, 2.75) is 32.1 Å². The maximum Gasteiger partial charge on any atom is 0.153 e. The van der Waals surface area contributed by atoms with Crippen molar-refractivity contribution in [3.8, 4) is 0 Å². The monoisotopic (exact) mass is 257 g/mol. The second-order valence-electron chi connectivity index (χ2n) is 4.01. The minimum atomic E-state index is -3.35. The molecule has 0 bridgehead atoms. The number of nitrogens with two attached hydrogens (primary N) is 1. The second-order valence-corrected chi connectivity index (χ2v) is 8.91. The van der Waals surface area contributed by atoms with Crippen LogP contribution in [0.5, 0.6) is 0 Å². The molecule has 7 heteroatoms. The van der Waals surface area contributed by atoms with E-state index in [2.05, 4.69) is 0 Å². The van der Waals surface area contributed by atoms with Crippen LogP contribution in [0.2, 0.25) is 0 Å². The molecule has 0 heterocycles. The van der Waals surface area contributed by atoms with Gasteiger partial charge in [0.05, 0.1) is 22.5 Å². The molecular weight excluding hydrogens is 238 g/mol. The third kappa shape index (κ3) is 6.11. The largest absolute Gasteiger partial charge is 0.327 e. The lowest BCUT2D eigenvalue weighted by Crippen LogP contribution is -2.31. The highest BCUT2D eigenvalue weighted by molar-refractivity contribution is 7.95. The van der Waals surface area contributed by atoms with E-state index in [4.69, 9.17) is 5.73 Å². The number of hydrogen-bond acceptors (Lipinski definition) is 5. The van der Waals surface area contributed by atoms with E-state index in [0.29, 0.717) is 0 Å². The minimum Gasteiger partial charge on any atom is -0.327 e. The predicted octanol–water partition coefficient (Wildman–Crippen LogP) is -0.428. The van der Waals surface area contributed by atoms with E-state index in [0.717, 1.165) is 0 Å². The average Bonchev–Trinajstić information content (AvgIpc) is 1.98. The average molecular weight is 257 g/mol. The van der Waals surface area contributed by atoms with Gasteiger partial charge in [-0.15, -0.1) is 0 Å². The van der Waals surface area contributed by atoms with Gasteiger partial charge in [-0.2, -0.15) is 0 Å². The first-order valence-electron chi connectivity index (χ1n) is 4.74. The van der Waals surface area contributed by atoms with Crippen LogP contribution in [0, 0.1) is 0 Å². The molecule has 0 aromatic heterocycles. The molecule has 15 heavy (non-hydrogen) atoms. The molecule has 1 atom stereocenters. The summed E-state index contributed by atoms with van der Waals surface area (Å²) in [4.78, 5) is 0. The van der Waals surface area contributed by atoms with Crippen molar-refractivity contribution in [1.29, 1.82) is 0 Å². The van der Waals surface area contributed by atoms with Gasteiger partial charge in [0.2, 0.25) is 0 Å². The molecule has 5 nitrogen and oxygen atoms in total. The topological polar surface area (TPSA) is 94.3 Å². The van der Waals surface area contributed by atoms with Crippen LogP contribution < -0.4 is 5.73 Å². The summed E-state index contributed by atoms with van der Waals surface area (Å²) < 4.78 is 45.5. The zero-order chi connectivity index (χ0) is 12.3. The van der Waals surface area contributed by atoms with Gasteiger partial charge in [0.15, 0.2) is 19.7 Å². The molecule has 0 aromatic carbocycles. The molecule has 0 fully saturated rings. The van der Waals surface area contributed by atoms with E-state index < -0.39 is 31.0 Å². The molecule has 92 valence electrons. The van der Waals surface area contributed by atoms with Gasteiger partial charge in [-0.1, -0.05) is 0 Å². The summed E-state index contributed by atoms with van der Waals surface area (Å²) in [5, 5.41) is -0.539. The summed E-state index contributed by atoms with van der Waals surface area (Å²) in [5.41, 5.74) is 5.35. The SMILES string of the molecule is CC(N)CS(=O)(=O)CCS(=O)(=O)C(C)C. The maximum atomic E-state index is 11.4. The van der Waals surface area contributed by atoms with Crippen LogP contribution >= 0.6 is 0 Å². The molecule has 0 aliphatic heterocycles. The van der Waals surface area contributed by atoms with E-state index in [1.807, 2.05) is 0 Å². The van der Waals surface area contributed by atoms with Gasteiger partial charge >= 0.3 is 0 Å². The minimum absolute atomic E-state index is 0.166. The summed E-state index contributed by atoms with van der Waals surface area (Å²) in [7, 11) is -6.64. The van der Waals surface area contributed by atoms with Crippen LogP contribution in [0.4, 0.5) is 0 Å². The van der Waals surface area contributed by atoms with Crippen LogP contribution in [-0.2, 0) is 19.7 Å². The molecule has 0 amide bonds. The highest BCUT2D eigenvalue weighted by atomic mass is 32.2.